The molecule has 2 aromatic rings. The number of anilines is 1. The van der Waals surface area contributed by atoms with Crippen molar-refractivity contribution < 1.29 is 8.42 Å². The predicted octanol–water partition coefficient (Wildman–Crippen LogP) is 3.65. The molecule has 2 saturated heterocycles. The number of sulfonamides is 1. The van der Waals surface area contributed by atoms with Crippen molar-refractivity contribution in [1.82, 2.24) is 4.31 Å². The minimum Gasteiger partial charge on any atom is -0.366 e. The third-order valence-corrected chi connectivity index (χ3v) is 7.44. The van der Waals surface area contributed by atoms with Crippen molar-refractivity contribution >= 4 is 38.9 Å². The standard InChI is InChI=1S/C17H16Cl2N2O2S/c18-12-5-7-13(8-6-12)20-10-15-9-14(20)11-21(15)24(22,23)17-4-2-1-3-16(17)19/h1-8,14-15H,9-11H2/t14?,15-/m0/s1. The molecule has 4 rings (SSSR count). The highest BCUT2D eigenvalue weighted by Crippen LogP contribution is 2.38. The van der Waals surface area contributed by atoms with E-state index in [1.807, 2.05) is 24.3 Å². The van der Waals surface area contributed by atoms with E-state index in [1.54, 1.807) is 28.6 Å². The van der Waals surface area contributed by atoms with Gasteiger partial charge in [-0.2, -0.15) is 4.31 Å². The fourth-order valence-electron chi connectivity index (χ4n) is 3.65. The molecule has 7 heteroatoms. The highest BCUT2D eigenvalue weighted by molar-refractivity contribution is 7.89. The number of fused-ring (bicyclic) bond motifs is 2. The van der Waals surface area contributed by atoms with E-state index in [4.69, 9.17) is 23.2 Å². The molecule has 2 aliphatic rings. The first kappa shape index (κ1) is 16.2. The normalized spacial score (nSPS) is 23.8. The molecule has 0 amide bonds. The maximum Gasteiger partial charge on any atom is 0.244 e. The first-order valence-electron chi connectivity index (χ1n) is 7.75. The molecule has 24 heavy (non-hydrogen) atoms. The van der Waals surface area contributed by atoms with Gasteiger partial charge >= 0.3 is 0 Å². The lowest BCUT2D eigenvalue weighted by Crippen LogP contribution is -2.48. The Balaban J connectivity index is 1.58. The van der Waals surface area contributed by atoms with Gasteiger partial charge < -0.3 is 4.90 Å². The molecule has 4 nitrogen and oxygen atoms in total. The second-order valence-corrected chi connectivity index (χ2v) is 8.88. The average Bonchev–Trinajstić information content (AvgIpc) is 3.16. The number of nitrogens with zero attached hydrogens (tertiary/aromatic N) is 2. The van der Waals surface area contributed by atoms with Crippen LogP contribution in [-0.4, -0.2) is 37.9 Å². The van der Waals surface area contributed by atoms with Crippen LogP contribution in [0.3, 0.4) is 0 Å². The number of rotatable bonds is 3. The second kappa shape index (κ2) is 5.92. The molecular formula is C17H16Cl2N2O2S. The molecule has 2 fully saturated rings. The van der Waals surface area contributed by atoms with Crippen molar-refractivity contribution in [1.29, 1.82) is 0 Å². The van der Waals surface area contributed by atoms with Gasteiger partial charge in [0.25, 0.3) is 0 Å². The monoisotopic (exact) mass is 382 g/mol. The van der Waals surface area contributed by atoms with Crippen molar-refractivity contribution in [3.05, 3.63) is 58.6 Å². The van der Waals surface area contributed by atoms with Crippen LogP contribution in [0.15, 0.2) is 53.4 Å². The van der Waals surface area contributed by atoms with Crippen molar-refractivity contribution in [2.75, 3.05) is 18.0 Å². The molecule has 0 N–H and O–H groups in total. The lowest BCUT2D eigenvalue weighted by Gasteiger charge is -2.35. The van der Waals surface area contributed by atoms with E-state index in [0.29, 0.717) is 18.1 Å². The Bertz CT molecular complexity index is 870. The first-order valence-corrected chi connectivity index (χ1v) is 9.95. The van der Waals surface area contributed by atoms with Gasteiger partial charge in [0.05, 0.1) is 5.02 Å². The van der Waals surface area contributed by atoms with Gasteiger partial charge in [0.1, 0.15) is 4.90 Å². The molecule has 2 heterocycles. The summed E-state index contributed by atoms with van der Waals surface area (Å²) in [6.07, 6.45) is 0.840. The summed E-state index contributed by atoms with van der Waals surface area (Å²) < 4.78 is 27.5. The molecule has 1 unspecified atom stereocenters. The average molecular weight is 383 g/mol. The summed E-state index contributed by atoms with van der Waals surface area (Å²) in [5.74, 6) is 0. The maximum atomic E-state index is 12.9. The molecule has 0 aromatic heterocycles. The van der Waals surface area contributed by atoms with Crippen LogP contribution in [0.1, 0.15) is 6.42 Å². The Morgan fingerprint density at radius 2 is 1.62 bits per heavy atom. The van der Waals surface area contributed by atoms with Crippen LogP contribution >= 0.6 is 23.2 Å². The molecule has 0 aliphatic carbocycles. The smallest absolute Gasteiger partial charge is 0.244 e. The molecule has 2 atom stereocenters. The molecule has 0 saturated carbocycles. The maximum absolute atomic E-state index is 12.9. The molecule has 0 radical (unpaired) electrons. The summed E-state index contributed by atoms with van der Waals surface area (Å²) in [6, 6.07) is 14.5. The van der Waals surface area contributed by atoms with E-state index in [2.05, 4.69) is 4.90 Å². The van der Waals surface area contributed by atoms with Crippen molar-refractivity contribution in [3.8, 4) is 0 Å². The zero-order valence-electron chi connectivity index (χ0n) is 12.8. The van der Waals surface area contributed by atoms with Gasteiger partial charge in [-0.05, 0) is 42.8 Å². The number of hydrogen-bond acceptors (Lipinski definition) is 3. The van der Waals surface area contributed by atoms with Gasteiger partial charge in [0.15, 0.2) is 0 Å². The Labute approximate surface area is 151 Å². The fourth-order valence-corrected chi connectivity index (χ4v) is 5.94. The predicted molar refractivity (Wildman–Crippen MR) is 96.3 cm³/mol. The highest BCUT2D eigenvalue weighted by atomic mass is 35.5. The van der Waals surface area contributed by atoms with Crippen LogP contribution in [0.2, 0.25) is 10.0 Å². The summed E-state index contributed by atoms with van der Waals surface area (Å²) in [5, 5.41) is 0.973. The van der Waals surface area contributed by atoms with Crippen LogP contribution in [0.4, 0.5) is 5.69 Å². The summed E-state index contributed by atoms with van der Waals surface area (Å²) in [7, 11) is -3.56. The minimum atomic E-state index is -3.56. The zero-order valence-corrected chi connectivity index (χ0v) is 15.1. The Kier molecular flexibility index (Phi) is 4.00. The molecule has 126 valence electrons. The lowest BCUT2D eigenvalue weighted by molar-refractivity contribution is 0.368. The summed E-state index contributed by atoms with van der Waals surface area (Å²) in [5.41, 5.74) is 1.08. The van der Waals surface area contributed by atoms with Gasteiger partial charge in [-0.1, -0.05) is 35.3 Å². The number of piperazine rings is 1. The first-order chi connectivity index (χ1) is 11.5. The van der Waals surface area contributed by atoms with E-state index in [1.165, 1.54) is 0 Å². The summed E-state index contributed by atoms with van der Waals surface area (Å²) >= 11 is 12.0. The van der Waals surface area contributed by atoms with Crippen molar-refractivity contribution in [3.63, 3.8) is 0 Å². The zero-order chi connectivity index (χ0) is 16.9. The SMILES string of the molecule is O=S(=O)(c1ccccc1Cl)N1CC2C[C@H]1CN2c1ccc(Cl)cc1. The van der Waals surface area contributed by atoms with Crippen LogP contribution in [0, 0.1) is 0 Å². The van der Waals surface area contributed by atoms with E-state index in [9.17, 15) is 8.42 Å². The van der Waals surface area contributed by atoms with Gasteiger partial charge in [-0.25, -0.2) is 8.42 Å². The van der Waals surface area contributed by atoms with Crippen LogP contribution in [0.5, 0.6) is 0 Å². The van der Waals surface area contributed by atoms with Crippen LogP contribution < -0.4 is 4.90 Å². The summed E-state index contributed by atoms with van der Waals surface area (Å²) in [6.45, 7) is 1.18. The summed E-state index contributed by atoms with van der Waals surface area (Å²) in [4.78, 5) is 2.46. The topological polar surface area (TPSA) is 40.6 Å². The van der Waals surface area contributed by atoms with E-state index >= 15 is 0 Å². The van der Waals surface area contributed by atoms with E-state index in [-0.39, 0.29) is 22.0 Å². The minimum absolute atomic E-state index is 0.0213. The molecule has 2 aromatic carbocycles. The molecule has 2 aliphatic heterocycles. The van der Waals surface area contributed by atoms with Crippen LogP contribution in [-0.2, 0) is 10.0 Å². The van der Waals surface area contributed by atoms with Gasteiger partial charge in [-0.3, -0.25) is 0 Å². The van der Waals surface area contributed by atoms with E-state index in [0.717, 1.165) is 12.1 Å². The highest BCUT2D eigenvalue weighted by Gasteiger charge is 2.48. The van der Waals surface area contributed by atoms with Gasteiger partial charge in [-0.15, -0.1) is 0 Å². The Morgan fingerprint density at radius 1 is 0.917 bits per heavy atom. The Hall–Kier alpha value is -1.27. The number of hydrogen-bond donors (Lipinski definition) is 0. The second-order valence-electron chi connectivity index (χ2n) is 6.18. The number of benzene rings is 2. The molecule has 2 bridgehead atoms. The van der Waals surface area contributed by atoms with Gasteiger partial charge in [0.2, 0.25) is 10.0 Å². The molecular weight excluding hydrogens is 367 g/mol. The van der Waals surface area contributed by atoms with Gasteiger partial charge in [0, 0.05) is 35.9 Å². The van der Waals surface area contributed by atoms with E-state index < -0.39 is 10.0 Å². The Morgan fingerprint density at radius 3 is 2.25 bits per heavy atom. The fraction of sp³-hybridized carbons (Fsp3) is 0.294. The largest absolute Gasteiger partial charge is 0.366 e. The molecule has 0 spiro atoms. The lowest BCUT2D eigenvalue weighted by atomic mass is 10.2. The van der Waals surface area contributed by atoms with Crippen molar-refractivity contribution in [2.24, 2.45) is 0 Å². The quantitative estimate of drug-likeness (QED) is 0.813. The van der Waals surface area contributed by atoms with Crippen molar-refractivity contribution in [2.45, 2.75) is 23.4 Å². The third kappa shape index (κ3) is 2.60. The van der Waals surface area contributed by atoms with Crippen LogP contribution in [0.25, 0.3) is 0 Å². The third-order valence-electron chi connectivity index (χ3n) is 4.77. The number of halogens is 2.